The molecule has 3 heterocycles. The van der Waals surface area contributed by atoms with Crippen molar-refractivity contribution >= 4 is 5.91 Å². The van der Waals surface area contributed by atoms with Crippen LogP contribution in [-0.4, -0.2) is 55.6 Å². The van der Waals surface area contributed by atoms with E-state index in [-0.39, 0.29) is 5.91 Å². The molecule has 8 heteroatoms. The lowest BCUT2D eigenvalue weighted by molar-refractivity contribution is 0.0706. The highest BCUT2D eigenvalue weighted by Gasteiger charge is 2.27. The van der Waals surface area contributed by atoms with E-state index >= 15 is 0 Å². The summed E-state index contributed by atoms with van der Waals surface area (Å²) >= 11 is 0. The van der Waals surface area contributed by atoms with Gasteiger partial charge in [0.15, 0.2) is 5.69 Å². The molecule has 3 rings (SSSR count). The quantitative estimate of drug-likeness (QED) is 0.837. The number of likely N-dealkylation sites (tertiary alicyclic amines) is 1. The third kappa shape index (κ3) is 3.26. The average molecular weight is 317 g/mol. The molecule has 1 aliphatic heterocycles. The van der Waals surface area contributed by atoms with Crippen LogP contribution in [0.25, 0.3) is 0 Å². The molecule has 1 amide bonds. The molecular formula is C15H23N7O. The molecule has 0 radical (unpaired) electrons. The van der Waals surface area contributed by atoms with Gasteiger partial charge in [0.1, 0.15) is 0 Å². The molecule has 0 bridgehead atoms. The summed E-state index contributed by atoms with van der Waals surface area (Å²) < 4.78 is 1.61. The van der Waals surface area contributed by atoms with Crippen LogP contribution in [0.3, 0.4) is 0 Å². The van der Waals surface area contributed by atoms with Crippen molar-refractivity contribution in [3.63, 3.8) is 0 Å². The molecule has 0 saturated carbocycles. The lowest BCUT2D eigenvalue weighted by Crippen LogP contribution is -2.38. The van der Waals surface area contributed by atoms with Crippen molar-refractivity contribution in [2.45, 2.75) is 38.6 Å². The topological polar surface area (TPSA) is 106 Å². The number of aromatic nitrogens is 5. The Morgan fingerprint density at radius 3 is 2.91 bits per heavy atom. The summed E-state index contributed by atoms with van der Waals surface area (Å²) in [5.74, 6) is 0.400. The van der Waals surface area contributed by atoms with E-state index in [1.165, 1.54) is 11.3 Å². The van der Waals surface area contributed by atoms with Crippen molar-refractivity contribution in [3.8, 4) is 0 Å². The van der Waals surface area contributed by atoms with Crippen molar-refractivity contribution in [2.24, 2.45) is 5.73 Å². The third-order valence-corrected chi connectivity index (χ3v) is 4.44. The molecule has 0 unspecified atom stereocenters. The van der Waals surface area contributed by atoms with Gasteiger partial charge in [-0.1, -0.05) is 12.1 Å². The molecule has 0 atom stereocenters. The van der Waals surface area contributed by atoms with Crippen LogP contribution in [-0.2, 0) is 13.0 Å². The number of aryl methyl sites for hydroxylation is 1. The maximum absolute atomic E-state index is 12.5. The summed E-state index contributed by atoms with van der Waals surface area (Å²) in [4.78, 5) is 14.3. The fraction of sp³-hybridized carbons (Fsp3) is 0.600. The zero-order valence-electron chi connectivity index (χ0n) is 13.4. The zero-order valence-corrected chi connectivity index (χ0v) is 13.4. The fourth-order valence-corrected chi connectivity index (χ4v) is 3.13. The molecule has 23 heavy (non-hydrogen) atoms. The molecule has 8 nitrogen and oxygen atoms in total. The van der Waals surface area contributed by atoms with Crippen molar-refractivity contribution in [1.82, 2.24) is 30.1 Å². The summed E-state index contributed by atoms with van der Waals surface area (Å²) in [7, 11) is 0. The highest BCUT2D eigenvalue weighted by atomic mass is 16.2. The summed E-state index contributed by atoms with van der Waals surface area (Å²) in [5, 5.41) is 15.2. The first kappa shape index (κ1) is 15.7. The molecule has 3 N–H and O–H groups in total. The maximum Gasteiger partial charge on any atom is 0.276 e. The molecule has 1 aliphatic rings. The number of amides is 1. The minimum Gasteiger partial charge on any atom is -0.337 e. The lowest BCUT2D eigenvalue weighted by Gasteiger charge is -2.31. The Balaban J connectivity index is 1.60. The maximum atomic E-state index is 12.5. The molecule has 2 aromatic heterocycles. The zero-order chi connectivity index (χ0) is 16.2. The van der Waals surface area contributed by atoms with E-state index in [1.807, 2.05) is 11.1 Å². The summed E-state index contributed by atoms with van der Waals surface area (Å²) in [5.41, 5.74) is 8.39. The van der Waals surface area contributed by atoms with Crippen molar-refractivity contribution < 1.29 is 4.79 Å². The molecule has 0 aliphatic carbocycles. The smallest absolute Gasteiger partial charge is 0.276 e. The second kappa shape index (κ2) is 6.91. The van der Waals surface area contributed by atoms with Gasteiger partial charge in [-0.15, -0.1) is 5.10 Å². The summed E-state index contributed by atoms with van der Waals surface area (Å²) in [6.07, 6.45) is 6.44. The van der Waals surface area contributed by atoms with Crippen LogP contribution >= 0.6 is 0 Å². The number of H-pyrrole nitrogens is 1. The van der Waals surface area contributed by atoms with E-state index < -0.39 is 0 Å². The number of hydrogen-bond acceptors (Lipinski definition) is 5. The van der Waals surface area contributed by atoms with Crippen molar-refractivity contribution in [1.29, 1.82) is 0 Å². The second-order valence-electron chi connectivity index (χ2n) is 5.88. The number of aromatic amines is 1. The number of nitrogens with two attached hydrogens (primary N) is 1. The fourth-order valence-electron chi connectivity index (χ4n) is 3.13. The van der Waals surface area contributed by atoms with Crippen LogP contribution in [0.4, 0.5) is 0 Å². The minimum absolute atomic E-state index is 0.0490. The Kier molecular flexibility index (Phi) is 4.71. The van der Waals surface area contributed by atoms with Gasteiger partial charge in [-0.3, -0.25) is 14.6 Å². The van der Waals surface area contributed by atoms with Gasteiger partial charge in [0.25, 0.3) is 5.91 Å². The molecule has 1 saturated heterocycles. The molecule has 0 aromatic carbocycles. The SMILES string of the molecule is CCc1cn[nH]c1C1CCN(C(=O)c2cn(CCN)nn2)CC1. The van der Waals surface area contributed by atoms with E-state index in [4.69, 9.17) is 5.73 Å². The number of piperidine rings is 1. The van der Waals surface area contributed by atoms with Crippen LogP contribution < -0.4 is 5.73 Å². The van der Waals surface area contributed by atoms with Crippen molar-refractivity contribution in [2.75, 3.05) is 19.6 Å². The van der Waals surface area contributed by atoms with Gasteiger partial charge in [-0.25, -0.2) is 0 Å². The third-order valence-electron chi connectivity index (χ3n) is 4.44. The van der Waals surface area contributed by atoms with Crippen molar-refractivity contribution in [3.05, 3.63) is 29.3 Å². The van der Waals surface area contributed by atoms with Gasteiger partial charge >= 0.3 is 0 Å². The number of nitrogens with zero attached hydrogens (tertiary/aromatic N) is 5. The number of nitrogens with one attached hydrogen (secondary N) is 1. The van der Waals surface area contributed by atoms with E-state index in [9.17, 15) is 4.79 Å². The first-order valence-electron chi connectivity index (χ1n) is 8.14. The monoisotopic (exact) mass is 317 g/mol. The van der Waals surface area contributed by atoms with Gasteiger partial charge in [-0.2, -0.15) is 5.10 Å². The van der Waals surface area contributed by atoms with E-state index in [0.717, 1.165) is 32.4 Å². The van der Waals surface area contributed by atoms with E-state index in [0.29, 0.717) is 24.7 Å². The Morgan fingerprint density at radius 2 is 2.22 bits per heavy atom. The van der Waals surface area contributed by atoms with Gasteiger partial charge in [-0.05, 0) is 24.8 Å². The van der Waals surface area contributed by atoms with Crippen LogP contribution in [0, 0.1) is 0 Å². The van der Waals surface area contributed by atoms with Gasteiger partial charge in [0.2, 0.25) is 0 Å². The Labute approximate surface area is 135 Å². The normalized spacial score (nSPS) is 16.0. The number of carbonyl (C=O) groups is 1. The lowest BCUT2D eigenvalue weighted by atomic mass is 9.91. The molecule has 1 fully saturated rings. The Bertz CT molecular complexity index is 654. The van der Waals surface area contributed by atoms with Crippen LogP contribution in [0.2, 0.25) is 0 Å². The van der Waals surface area contributed by atoms with Crippen LogP contribution in [0.5, 0.6) is 0 Å². The second-order valence-corrected chi connectivity index (χ2v) is 5.88. The predicted octanol–water partition coefficient (Wildman–Crippen LogP) is 0.542. The average Bonchev–Trinajstić information content (AvgIpc) is 3.23. The highest BCUT2D eigenvalue weighted by molar-refractivity contribution is 5.92. The van der Waals surface area contributed by atoms with E-state index in [1.54, 1.807) is 10.9 Å². The highest BCUT2D eigenvalue weighted by Crippen LogP contribution is 2.29. The Hall–Kier alpha value is -2.22. The summed E-state index contributed by atoms with van der Waals surface area (Å²) in [6.45, 7) is 4.65. The molecular weight excluding hydrogens is 294 g/mol. The summed E-state index contributed by atoms with van der Waals surface area (Å²) in [6, 6.07) is 0. The van der Waals surface area contributed by atoms with Crippen LogP contribution in [0.15, 0.2) is 12.4 Å². The molecule has 124 valence electrons. The van der Waals surface area contributed by atoms with Gasteiger partial charge in [0, 0.05) is 31.2 Å². The largest absolute Gasteiger partial charge is 0.337 e. The number of hydrogen-bond donors (Lipinski definition) is 2. The molecule has 0 spiro atoms. The Morgan fingerprint density at radius 1 is 1.43 bits per heavy atom. The van der Waals surface area contributed by atoms with Gasteiger partial charge < -0.3 is 10.6 Å². The standard InChI is InChI=1S/C15H23N7O/c1-2-11-9-17-19-14(11)12-3-6-21(7-4-12)15(23)13-10-22(8-5-16)20-18-13/h9-10,12H,2-8,16H2,1H3,(H,17,19). The number of carbonyl (C=O) groups excluding carboxylic acids is 1. The first-order chi connectivity index (χ1) is 11.2. The number of rotatable bonds is 5. The van der Waals surface area contributed by atoms with Gasteiger partial charge in [0.05, 0.1) is 18.9 Å². The van der Waals surface area contributed by atoms with E-state index in [2.05, 4.69) is 27.4 Å². The van der Waals surface area contributed by atoms with Crippen LogP contribution in [0.1, 0.15) is 47.4 Å². The minimum atomic E-state index is -0.0490. The first-order valence-corrected chi connectivity index (χ1v) is 8.14. The predicted molar refractivity (Wildman–Crippen MR) is 84.9 cm³/mol. The molecule has 2 aromatic rings.